The fourth-order valence-corrected chi connectivity index (χ4v) is 6.60. The zero-order valence-corrected chi connectivity index (χ0v) is 46.8. The predicted molar refractivity (Wildman–Crippen MR) is 320 cm³/mol. The molecule has 3 aromatic carbocycles. The van der Waals surface area contributed by atoms with Gasteiger partial charge in [0.1, 0.15) is 19.8 Å². The third kappa shape index (κ3) is 29.4. The summed E-state index contributed by atoms with van der Waals surface area (Å²) >= 11 is 0. The van der Waals surface area contributed by atoms with E-state index in [1.165, 1.54) is 0 Å². The molecule has 0 aliphatic heterocycles. The maximum absolute atomic E-state index is 5.57. The summed E-state index contributed by atoms with van der Waals surface area (Å²) in [5.41, 5.74) is 9.81. The van der Waals surface area contributed by atoms with Gasteiger partial charge in [-0.25, -0.2) is 15.0 Å². The Morgan fingerprint density at radius 3 is 0.718 bits per heavy atom. The fraction of sp³-hybridized carbons (Fsp3) is 0.381. The third-order valence-corrected chi connectivity index (χ3v) is 10.9. The van der Waals surface area contributed by atoms with Crippen molar-refractivity contribution in [1.29, 1.82) is 0 Å². The van der Waals surface area contributed by atoms with E-state index in [0.717, 1.165) is 89.5 Å². The van der Waals surface area contributed by atoms with Gasteiger partial charge >= 0.3 is 0 Å². The van der Waals surface area contributed by atoms with Crippen LogP contribution in [-0.2, 0) is 28.4 Å². The van der Waals surface area contributed by atoms with E-state index < -0.39 is 0 Å². The second kappa shape index (κ2) is 42.0. The fourth-order valence-electron chi connectivity index (χ4n) is 6.60. The number of ether oxygens (including phenoxy) is 9. The quantitative estimate of drug-likeness (QED) is 0.0319. The molecule has 3 heterocycles. The Hall–Kier alpha value is -7.11. The minimum absolute atomic E-state index is 0.480. The van der Waals surface area contributed by atoms with Crippen molar-refractivity contribution in [3.05, 3.63) is 161 Å². The Labute approximate surface area is 464 Å². The van der Waals surface area contributed by atoms with Crippen molar-refractivity contribution >= 4 is 53.5 Å². The lowest BCUT2D eigenvalue weighted by Gasteiger charge is -2.07. The molecule has 0 aliphatic carbocycles. The normalized spacial score (nSPS) is 11.0. The number of anilines is 3. The number of nitrogens with zero attached hydrogens (tertiary/aromatic N) is 3. The Kier molecular flexibility index (Phi) is 34.1. The van der Waals surface area contributed by atoms with Gasteiger partial charge in [-0.15, -0.1) is 0 Å². The van der Waals surface area contributed by atoms with Crippen LogP contribution >= 0.6 is 0 Å². The summed E-state index contributed by atoms with van der Waals surface area (Å²) in [4.78, 5) is 12.9. The zero-order chi connectivity index (χ0) is 55.4. The van der Waals surface area contributed by atoms with Crippen molar-refractivity contribution < 1.29 is 42.6 Å². The number of hydrogen-bond donors (Lipinski definition) is 3. The first-order valence-corrected chi connectivity index (χ1v) is 27.1. The van der Waals surface area contributed by atoms with E-state index in [9.17, 15) is 0 Å². The molecule has 0 fully saturated rings. The molecule has 420 valence electrons. The van der Waals surface area contributed by atoms with Crippen LogP contribution in [0.3, 0.4) is 0 Å². The van der Waals surface area contributed by atoms with Crippen molar-refractivity contribution in [1.82, 2.24) is 15.0 Å². The number of hydrogen-bond acceptors (Lipinski definition) is 15. The van der Waals surface area contributed by atoms with Crippen molar-refractivity contribution in [3.8, 4) is 17.6 Å². The molecule has 0 saturated carbocycles. The molecule has 3 N–H and O–H groups in total. The van der Waals surface area contributed by atoms with Crippen LogP contribution in [0.25, 0.3) is 36.5 Å². The third-order valence-electron chi connectivity index (χ3n) is 10.9. The second-order valence-electron chi connectivity index (χ2n) is 17.1. The highest BCUT2D eigenvalue weighted by Gasteiger charge is 2.01. The molecule has 0 aliphatic rings. The van der Waals surface area contributed by atoms with Crippen LogP contribution in [0.5, 0.6) is 17.6 Å². The van der Waals surface area contributed by atoms with Crippen LogP contribution in [-0.4, -0.2) is 135 Å². The Morgan fingerprint density at radius 1 is 0.282 bits per heavy atom. The van der Waals surface area contributed by atoms with Crippen LogP contribution in [0.15, 0.2) is 128 Å². The maximum atomic E-state index is 5.57. The minimum atomic E-state index is 0.480. The molecule has 78 heavy (non-hydrogen) atoms. The smallest absolute Gasteiger partial charge is 0.213 e. The van der Waals surface area contributed by atoms with Gasteiger partial charge in [0, 0.05) is 94.8 Å². The summed E-state index contributed by atoms with van der Waals surface area (Å²) in [5.74, 6) is 1.81. The van der Waals surface area contributed by atoms with Crippen molar-refractivity contribution in [2.24, 2.45) is 0 Å². The number of nitrogens with one attached hydrogen (secondary N) is 3. The van der Waals surface area contributed by atoms with Crippen molar-refractivity contribution in [2.45, 2.75) is 40.0 Å². The lowest BCUT2D eigenvalue weighted by Crippen LogP contribution is -2.11. The van der Waals surface area contributed by atoms with Crippen LogP contribution in [0, 0.1) is 0 Å². The van der Waals surface area contributed by atoms with Gasteiger partial charge < -0.3 is 58.6 Å². The Morgan fingerprint density at radius 2 is 0.500 bits per heavy atom. The summed E-state index contributed by atoms with van der Waals surface area (Å²) in [7, 11) is 5.73. The molecule has 0 bridgehead atoms. The molecule has 0 saturated heterocycles. The summed E-state index contributed by atoms with van der Waals surface area (Å²) in [6, 6.07) is 36.3. The molecule has 6 rings (SSSR count). The number of rotatable bonds is 36. The largest absolute Gasteiger partial charge is 0.475 e. The first-order chi connectivity index (χ1) is 38.4. The summed E-state index contributed by atoms with van der Waals surface area (Å²) < 4.78 is 49.0. The van der Waals surface area contributed by atoms with Crippen LogP contribution in [0.4, 0.5) is 17.1 Å². The lowest BCUT2D eigenvalue weighted by atomic mass is 10.1. The highest BCUT2D eigenvalue weighted by atomic mass is 16.6. The Bertz CT molecular complexity index is 2200. The van der Waals surface area contributed by atoms with Gasteiger partial charge in [0.15, 0.2) is 0 Å². The summed E-state index contributed by atoms with van der Waals surface area (Å²) in [6.45, 7) is 15.3. The van der Waals surface area contributed by atoms with Crippen LogP contribution in [0.1, 0.15) is 73.4 Å². The molecular formula is C63H84N6O9. The molecule has 0 radical (unpaired) electrons. The average Bonchev–Trinajstić information content (AvgIpc) is 3.49. The molecule has 15 heteroatoms. The molecule has 0 amide bonds. The molecule has 0 spiro atoms. The predicted octanol–water partition coefficient (Wildman–Crippen LogP) is 12.3. The monoisotopic (exact) mass is 1070 g/mol. The topological polar surface area (TPSA) is 158 Å². The first kappa shape index (κ1) is 63.4. The van der Waals surface area contributed by atoms with Crippen molar-refractivity contribution in [2.75, 3.05) is 136 Å². The van der Waals surface area contributed by atoms with E-state index in [4.69, 9.17) is 42.6 Å². The van der Waals surface area contributed by atoms with Crippen LogP contribution in [0.2, 0.25) is 0 Å². The lowest BCUT2D eigenvalue weighted by molar-refractivity contribution is 0.0361. The molecule has 0 unspecified atom stereocenters. The van der Waals surface area contributed by atoms with E-state index in [1.54, 1.807) is 18.6 Å². The number of aromatic nitrogens is 3. The summed E-state index contributed by atoms with van der Waals surface area (Å²) in [5, 5.41) is 9.32. The van der Waals surface area contributed by atoms with E-state index in [2.05, 4.69) is 106 Å². The zero-order valence-electron chi connectivity index (χ0n) is 46.8. The van der Waals surface area contributed by atoms with E-state index in [1.807, 2.05) is 112 Å². The van der Waals surface area contributed by atoms with E-state index in [0.29, 0.717) is 96.9 Å². The highest BCUT2D eigenvalue weighted by Crippen LogP contribution is 2.17. The second-order valence-corrected chi connectivity index (χ2v) is 17.1. The SMILES string of the molecule is CCCOCCOCCOc1ccc(/C=C/c2ccc(NC)cc2)cn1.CCCOCCOCCOc1ccc(/C=C/c2ccc(NC)cc2)cn1.CCCOCCOCCOc1ccc(/C=C/c2ccc(NC)cc2)cn1. The van der Waals surface area contributed by atoms with Gasteiger partial charge in [-0.3, -0.25) is 0 Å². The number of pyridine rings is 3. The number of benzene rings is 3. The molecule has 15 nitrogen and oxygen atoms in total. The standard InChI is InChI=1S/3C21H28N2O3/c3*1-3-12-24-13-14-25-15-16-26-21-11-8-19(17-23-21)5-4-18-6-9-20(22-2)10-7-18/h3*4-11,17,22H,3,12-16H2,1-2H3/b3*5-4+. The van der Waals surface area contributed by atoms with Crippen molar-refractivity contribution in [3.63, 3.8) is 0 Å². The van der Waals surface area contributed by atoms with Gasteiger partial charge in [0.05, 0.1) is 59.5 Å². The average molecular weight is 1070 g/mol. The maximum Gasteiger partial charge on any atom is 0.213 e. The molecule has 3 aromatic heterocycles. The van der Waals surface area contributed by atoms with Gasteiger partial charge in [-0.2, -0.15) is 0 Å². The summed E-state index contributed by atoms with van der Waals surface area (Å²) in [6.07, 6.45) is 20.8. The minimum Gasteiger partial charge on any atom is -0.475 e. The molecule has 6 aromatic rings. The van der Waals surface area contributed by atoms with Gasteiger partial charge in [0.2, 0.25) is 17.6 Å². The molecular weight excluding hydrogens is 985 g/mol. The van der Waals surface area contributed by atoms with Gasteiger partial charge in [-0.1, -0.05) is 93.6 Å². The molecule has 0 atom stereocenters. The van der Waals surface area contributed by atoms with E-state index in [-0.39, 0.29) is 0 Å². The Balaban J connectivity index is 0.000000252. The van der Waals surface area contributed by atoms with Gasteiger partial charge in [-0.05, 0) is 107 Å². The van der Waals surface area contributed by atoms with E-state index >= 15 is 0 Å². The van der Waals surface area contributed by atoms with Crippen LogP contribution < -0.4 is 30.2 Å². The first-order valence-electron chi connectivity index (χ1n) is 27.1. The highest BCUT2D eigenvalue weighted by molar-refractivity contribution is 5.72. The van der Waals surface area contributed by atoms with Gasteiger partial charge in [0.25, 0.3) is 0 Å².